The molecule has 0 heterocycles. The Bertz CT molecular complexity index is 425. The quantitative estimate of drug-likeness (QED) is 0.674. The second-order valence-electron chi connectivity index (χ2n) is 7.58. The van der Waals surface area contributed by atoms with Gasteiger partial charge in [-0.3, -0.25) is 4.79 Å². The first-order valence-corrected chi connectivity index (χ1v) is 6.51. The van der Waals surface area contributed by atoms with Gasteiger partial charge in [0.05, 0.1) is 21.1 Å². The van der Waals surface area contributed by atoms with Crippen molar-refractivity contribution in [3.8, 4) is 0 Å². The van der Waals surface area contributed by atoms with E-state index in [1.54, 1.807) is 6.92 Å². The summed E-state index contributed by atoms with van der Waals surface area (Å²) in [6.45, 7) is 10.8. The Kier molecular flexibility index (Phi) is 2.28. The highest BCUT2D eigenvalue weighted by Gasteiger charge is 2.75. The molecule has 0 N–H and O–H groups in total. The zero-order valence-electron chi connectivity index (χ0n) is 12.5. The molecule has 1 saturated carbocycles. The van der Waals surface area contributed by atoms with Gasteiger partial charge in [-0.05, 0) is 43.6 Å². The lowest BCUT2D eigenvalue weighted by atomic mass is 9.74. The van der Waals surface area contributed by atoms with Crippen molar-refractivity contribution in [1.29, 1.82) is 0 Å². The third kappa shape index (κ3) is 1.33. The lowest BCUT2D eigenvalue weighted by Gasteiger charge is -2.38. The number of Topliss-reactive ketones (excluding diaryl/α,β-unsaturated/α-hetero) is 1. The van der Waals surface area contributed by atoms with Gasteiger partial charge in [0.1, 0.15) is 16.9 Å². The second kappa shape index (κ2) is 3.03. The van der Waals surface area contributed by atoms with Crippen molar-refractivity contribution in [2.75, 3.05) is 21.1 Å². The number of carbonyl (C=O) groups is 1. The van der Waals surface area contributed by atoms with Gasteiger partial charge in [-0.15, -0.1) is 0 Å². The fourth-order valence-electron chi connectivity index (χ4n) is 4.84. The van der Waals surface area contributed by atoms with E-state index in [-0.39, 0.29) is 5.41 Å². The number of fused-ring (bicyclic) bond motifs is 1. The number of allylic oxidation sites excluding steroid dienone is 2. The largest absolute Gasteiger partial charge is 0.301 e. The summed E-state index contributed by atoms with van der Waals surface area (Å²) < 4.78 is 0.783. The van der Waals surface area contributed by atoms with Gasteiger partial charge in [0.25, 0.3) is 0 Å². The fraction of sp³-hybridized carbons (Fsp3) is 0.800. The van der Waals surface area contributed by atoms with E-state index in [0.29, 0.717) is 23.0 Å². The normalized spacial score (nSPS) is 39.3. The van der Waals surface area contributed by atoms with Gasteiger partial charge < -0.3 is 4.48 Å². The summed E-state index contributed by atoms with van der Waals surface area (Å²) in [5, 5.41) is 0. The fourth-order valence-corrected chi connectivity index (χ4v) is 4.84. The van der Waals surface area contributed by atoms with Gasteiger partial charge in [0, 0.05) is 0 Å². The van der Waals surface area contributed by atoms with Crippen LogP contribution in [0, 0.1) is 22.7 Å². The molecule has 0 aliphatic heterocycles. The first kappa shape index (κ1) is 12.8. The zero-order valence-corrected chi connectivity index (χ0v) is 12.5. The minimum Gasteiger partial charge on any atom is -0.301 e. The van der Waals surface area contributed by atoms with E-state index in [2.05, 4.69) is 48.8 Å². The predicted molar refractivity (Wildman–Crippen MR) is 70.3 cm³/mol. The average molecular weight is 236 g/mol. The smallest absolute Gasteiger partial charge is 0.145 e. The molecule has 96 valence electrons. The van der Waals surface area contributed by atoms with Crippen molar-refractivity contribution in [1.82, 2.24) is 0 Å². The van der Waals surface area contributed by atoms with Gasteiger partial charge >= 0.3 is 0 Å². The van der Waals surface area contributed by atoms with Crippen molar-refractivity contribution in [2.45, 2.75) is 34.6 Å². The van der Waals surface area contributed by atoms with Crippen molar-refractivity contribution >= 4 is 5.78 Å². The molecule has 2 aliphatic rings. The molecular weight excluding hydrogens is 210 g/mol. The monoisotopic (exact) mass is 236 g/mol. The first-order chi connectivity index (χ1) is 7.46. The maximum Gasteiger partial charge on any atom is 0.145 e. The summed E-state index contributed by atoms with van der Waals surface area (Å²) in [7, 11) is 6.54. The van der Waals surface area contributed by atoms with Crippen LogP contribution in [0.4, 0.5) is 0 Å². The molecule has 0 amide bonds. The third-order valence-corrected chi connectivity index (χ3v) is 5.18. The number of ketones is 1. The molecule has 3 atom stereocenters. The van der Waals surface area contributed by atoms with Crippen LogP contribution >= 0.6 is 0 Å². The molecule has 2 heteroatoms. The van der Waals surface area contributed by atoms with Crippen LogP contribution in [0.1, 0.15) is 34.6 Å². The Morgan fingerprint density at radius 3 is 2.00 bits per heavy atom. The average Bonchev–Trinajstić information content (AvgIpc) is 2.53. The van der Waals surface area contributed by atoms with Gasteiger partial charge in [-0.25, -0.2) is 0 Å². The molecule has 0 aromatic rings. The van der Waals surface area contributed by atoms with Crippen molar-refractivity contribution in [2.24, 2.45) is 22.7 Å². The van der Waals surface area contributed by atoms with Crippen LogP contribution in [0.25, 0.3) is 0 Å². The maximum atomic E-state index is 12.3. The van der Waals surface area contributed by atoms with Gasteiger partial charge in [0.2, 0.25) is 0 Å². The minimum absolute atomic E-state index is 0.253. The molecule has 0 aromatic carbocycles. The standard InChI is InChI=1S/C15H26NO/c1-9-11-12(14(11,3)4)15(5,10(2)17)13(9)16(6,7)8/h11-12H,1-8H3/q+1/t11-,12-,15-/m1/s1. The Morgan fingerprint density at radius 2 is 1.65 bits per heavy atom. The highest BCUT2D eigenvalue weighted by atomic mass is 16.1. The molecule has 0 unspecified atom stereocenters. The topological polar surface area (TPSA) is 17.1 Å². The molecule has 0 saturated heterocycles. The summed E-state index contributed by atoms with van der Waals surface area (Å²) >= 11 is 0. The Labute approximate surface area is 105 Å². The van der Waals surface area contributed by atoms with E-state index < -0.39 is 0 Å². The van der Waals surface area contributed by atoms with Crippen molar-refractivity contribution in [3.63, 3.8) is 0 Å². The van der Waals surface area contributed by atoms with Crippen LogP contribution in [0.3, 0.4) is 0 Å². The van der Waals surface area contributed by atoms with Crippen LogP contribution in [-0.2, 0) is 4.79 Å². The van der Waals surface area contributed by atoms with E-state index in [1.165, 1.54) is 11.3 Å². The van der Waals surface area contributed by atoms with Gasteiger partial charge in [-0.2, -0.15) is 0 Å². The number of nitrogens with zero attached hydrogens (tertiary/aromatic N) is 1. The molecular formula is C15H26NO+. The molecule has 1 fully saturated rings. The van der Waals surface area contributed by atoms with Crippen LogP contribution in [0.5, 0.6) is 0 Å². The first-order valence-electron chi connectivity index (χ1n) is 6.51. The molecule has 2 aliphatic carbocycles. The summed E-state index contributed by atoms with van der Waals surface area (Å²) in [4.78, 5) is 12.3. The molecule has 0 aromatic heterocycles. The minimum atomic E-state index is -0.253. The van der Waals surface area contributed by atoms with E-state index >= 15 is 0 Å². The maximum absolute atomic E-state index is 12.3. The van der Waals surface area contributed by atoms with Crippen LogP contribution in [-0.4, -0.2) is 31.4 Å². The molecule has 17 heavy (non-hydrogen) atoms. The number of hydrogen-bond donors (Lipinski definition) is 0. The van der Waals surface area contributed by atoms with Crippen molar-refractivity contribution in [3.05, 3.63) is 11.3 Å². The summed E-state index contributed by atoms with van der Waals surface area (Å²) in [6.07, 6.45) is 0. The lowest BCUT2D eigenvalue weighted by molar-refractivity contribution is -0.837. The van der Waals surface area contributed by atoms with E-state index in [9.17, 15) is 4.79 Å². The molecule has 0 bridgehead atoms. The Morgan fingerprint density at radius 1 is 1.18 bits per heavy atom. The summed E-state index contributed by atoms with van der Waals surface area (Å²) in [5.74, 6) is 1.46. The molecule has 2 nitrogen and oxygen atoms in total. The molecule has 2 rings (SSSR count). The zero-order chi connectivity index (χ0) is 13.4. The Hall–Kier alpha value is -0.630. The molecule has 0 radical (unpaired) electrons. The van der Waals surface area contributed by atoms with E-state index in [1.807, 2.05) is 0 Å². The van der Waals surface area contributed by atoms with Crippen LogP contribution in [0.15, 0.2) is 11.3 Å². The summed E-state index contributed by atoms with van der Waals surface area (Å²) in [5.41, 5.74) is 2.86. The number of hydrogen-bond acceptors (Lipinski definition) is 1. The van der Waals surface area contributed by atoms with Gasteiger partial charge in [0.15, 0.2) is 0 Å². The second-order valence-corrected chi connectivity index (χ2v) is 7.58. The van der Waals surface area contributed by atoms with Gasteiger partial charge in [-0.1, -0.05) is 13.8 Å². The number of rotatable bonds is 2. The highest BCUT2D eigenvalue weighted by Crippen LogP contribution is 2.75. The Balaban J connectivity index is 2.62. The van der Waals surface area contributed by atoms with Crippen LogP contribution < -0.4 is 0 Å². The van der Waals surface area contributed by atoms with Crippen LogP contribution in [0.2, 0.25) is 0 Å². The number of quaternary nitrogens is 1. The third-order valence-electron chi connectivity index (χ3n) is 5.18. The van der Waals surface area contributed by atoms with E-state index in [4.69, 9.17) is 0 Å². The molecule has 0 spiro atoms. The predicted octanol–water partition coefficient (Wildman–Crippen LogP) is 2.85. The van der Waals surface area contributed by atoms with Crippen molar-refractivity contribution < 1.29 is 9.28 Å². The number of carbonyl (C=O) groups excluding carboxylic acids is 1. The van der Waals surface area contributed by atoms with E-state index in [0.717, 1.165) is 4.48 Å². The highest BCUT2D eigenvalue weighted by molar-refractivity contribution is 5.87. The lowest BCUT2D eigenvalue weighted by Crippen LogP contribution is -2.45. The SMILES string of the molecule is CC(=O)[C@@]1(C)C([N+](C)(C)C)=C(C)[C@@H]2[C@@H]1C2(C)C. The summed E-state index contributed by atoms with van der Waals surface area (Å²) in [6, 6.07) is 0.